The molecule has 2 fully saturated rings. The van der Waals surface area contributed by atoms with Gasteiger partial charge in [-0.3, -0.25) is 9.59 Å². The van der Waals surface area contributed by atoms with E-state index in [-0.39, 0.29) is 17.8 Å². The fourth-order valence-electron chi connectivity index (χ4n) is 3.73. The van der Waals surface area contributed by atoms with Crippen LogP contribution in [0.3, 0.4) is 0 Å². The number of nitrogens with zero attached hydrogens (tertiary/aromatic N) is 2. The summed E-state index contributed by atoms with van der Waals surface area (Å²) in [6.45, 7) is 1.17. The van der Waals surface area contributed by atoms with E-state index in [1.165, 1.54) is 7.11 Å². The van der Waals surface area contributed by atoms with Crippen LogP contribution in [0.25, 0.3) is 11.3 Å². The van der Waals surface area contributed by atoms with Gasteiger partial charge in [-0.15, -0.1) is 0 Å². The molecule has 0 radical (unpaired) electrons. The largest absolute Gasteiger partial charge is 0.469 e. The quantitative estimate of drug-likeness (QED) is 0.790. The van der Waals surface area contributed by atoms with E-state index in [4.69, 9.17) is 9.26 Å². The fraction of sp³-hybridized carbons (Fsp3) is 0.450. The molecule has 1 aliphatic carbocycles. The Balaban J connectivity index is 1.47. The van der Waals surface area contributed by atoms with E-state index >= 15 is 0 Å². The molecule has 0 spiro atoms. The van der Waals surface area contributed by atoms with Crippen molar-refractivity contribution < 1.29 is 18.8 Å². The van der Waals surface area contributed by atoms with Gasteiger partial charge in [-0.25, -0.2) is 0 Å². The van der Waals surface area contributed by atoms with Crippen LogP contribution in [-0.2, 0) is 19.7 Å². The maximum Gasteiger partial charge on any atom is 0.308 e. The van der Waals surface area contributed by atoms with E-state index in [0.717, 1.165) is 24.1 Å². The molecule has 0 unspecified atom stereocenters. The molecule has 2 aliphatic rings. The standard InChI is InChI=1S/C20H22N2O4/c1-25-18(23)15-7-11-22(12-8-15)19(24)20(9-10-20)17-13-16(26-21-17)14-5-3-2-4-6-14/h2-6,13,15H,7-12H2,1H3. The lowest BCUT2D eigenvalue weighted by Crippen LogP contribution is -2.45. The highest BCUT2D eigenvalue weighted by atomic mass is 16.5. The summed E-state index contributed by atoms with van der Waals surface area (Å²) in [5, 5.41) is 4.20. The summed E-state index contributed by atoms with van der Waals surface area (Å²) in [6, 6.07) is 11.7. The van der Waals surface area contributed by atoms with Gasteiger partial charge < -0.3 is 14.2 Å². The van der Waals surface area contributed by atoms with Gasteiger partial charge in [0, 0.05) is 24.7 Å². The zero-order valence-corrected chi connectivity index (χ0v) is 14.8. The van der Waals surface area contributed by atoms with Crippen molar-refractivity contribution in [2.45, 2.75) is 31.1 Å². The third-order valence-electron chi connectivity index (χ3n) is 5.53. The minimum Gasteiger partial charge on any atom is -0.469 e. The normalized spacial score (nSPS) is 19.2. The first-order valence-electron chi connectivity index (χ1n) is 9.04. The Morgan fingerprint density at radius 3 is 2.50 bits per heavy atom. The van der Waals surface area contributed by atoms with Crippen LogP contribution in [0.5, 0.6) is 0 Å². The smallest absolute Gasteiger partial charge is 0.308 e. The molecule has 1 saturated carbocycles. The van der Waals surface area contributed by atoms with E-state index in [9.17, 15) is 9.59 Å². The van der Waals surface area contributed by atoms with Crippen molar-refractivity contribution in [3.8, 4) is 11.3 Å². The van der Waals surface area contributed by atoms with Crippen molar-refractivity contribution >= 4 is 11.9 Å². The molecule has 0 atom stereocenters. The third-order valence-corrected chi connectivity index (χ3v) is 5.53. The van der Waals surface area contributed by atoms with Gasteiger partial charge in [0.2, 0.25) is 5.91 Å². The van der Waals surface area contributed by atoms with Crippen LogP contribution < -0.4 is 0 Å². The number of methoxy groups -OCH3 is 1. The molecule has 6 heteroatoms. The lowest BCUT2D eigenvalue weighted by molar-refractivity contribution is -0.149. The van der Waals surface area contributed by atoms with Gasteiger partial charge in [-0.05, 0) is 25.7 Å². The molecule has 26 heavy (non-hydrogen) atoms. The summed E-state index contributed by atoms with van der Waals surface area (Å²) in [7, 11) is 1.41. The van der Waals surface area contributed by atoms with Gasteiger partial charge in [-0.2, -0.15) is 0 Å². The monoisotopic (exact) mass is 354 g/mol. The first-order valence-corrected chi connectivity index (χ1v) is 9.04. The predicted molar refractivity (Wildman–Crippen MR) is 94.2 cm³/mol. The number of carbonyl (C=O) groups excluding carboxylic acids is 2. The summed E-state index contributed by atoms with van der Waals surface area (Å²) in [5.74, 6) is 0.510. The summed E-state index contributed by atoms with van der Waals surface area (Å²) in [5.41, 5.74) is 1.12. The molecule has 0 N–H and O–H groups in total. The molecule has 0 bridgehead atoms. The van der Waals surface area contributed by atoms with Crippen molar-refractivity contribution in [2.24, 2.45) is 5.92 Å². The van der Waals surface area contributed by atoms with Crippen molar-refractivity contribution in [1.29, 1.82) is 0 Å². The lowest BCUT2D eigenvalue weighted by atomic mass is 9.93. The molecule has 2 aromatic rings. The van der Waals surface area contributed by atoms with E-state index in [1.807, 2.05) is 41.3 Å². The Kier molecular flexibility index (Phi) is 4.26. The maximum absolute atomic E-state index is 13.1. The zero-order valence-electron chi connectivity index (χ0n) is 14.8. The Hall–Kier alpha value is -2.63. The highest BCUT2D eigenvalue weighted by molar-refractivity contribution is 5.91. The van der Waals surface area contributed by atoms with Gasteiger partial charge in [0.25, 0.3) is 0 Å². The number of ether oxygens (including phenoxy) is 1. The Labute approximate surface area is 152 Å². The van der Waals surface area contributed by atoms with Crippen LogP contribution >= 0.6 is 0 Å². The average Bonchev–Trinajstić information content (AvgIpc) is 3.36. The minimum absolute atomic E-state index is 0.101. The molecular weight excluding hydrogens is 332 g/mol. The summed E-state index contributed by atoms with van der Waals surface area (Å²) in [6.07, 6.45) is 2.90. The highest BCUT2D eigenvalue weighted by Crippen LogP contribution is 2.50. The van der Waals surface area contributed by atoms with Crippen LogP contribution in [0.1, 0.15) is 31.4 Å². The Morgan fingerprint density at radius 2 is 1.88 bits per heavy atom. The fourth-order valence-corrected chi connectivity index (χ4v) is 3.73. The number of benzene rings is 1. The van der Waals surface area contributed by atoms with Gasteiger partial charge in [0.05, 0.1) is 24.1 Å². The number of esters is 1. The van der Waals surface area contributed by atoms with E-state index in [0.29, 0.717) is 31.7 Å². The minimum atomic E-state index is -0.547. The van der Waals surface area contributed by atoms with E-state index < -0.39 is 5.41 Å². The summed E-state index contributed by atoms with van der Waals surface area (Å²) in [4.78, 5) is 26.6. The van der Waals surface area contributed by atoms with Crippen LogP contribution in [-0.4, -0.2) is 42.1 Å². The van der Waals surface area contributed by atoms with Crippen molar-refractivity contribution in [1.82, 2.24) is 10.1 Å². The number of piperidine rings is 1. The molecule has 6 nitrogen and oxygen atoms in total. The average molecular weight is 354 g/mol. The van der Waals surface area contributed by atoms with Gasteiger partial charge in [-0.1, -0.05) is 35.5 Å². The van der Waals surface area contributed by atoms with Crippen molar-refractivity contribution in [3.05, 3.63) is 42.1 Å². The molecule has 4 rings (SSSR count). The highest BCUT2D eigenvalue weighted by Gasteiger charge is 2.55. The second-order valence-corrected chi connectivity index (χ2v) is 7.11. The maximum atomic E-state index is 13.1. The number of amides is 1. The summed E-state index contributed by atoms with van der Waals surface area (Å²) >= 11 is 0. The molecule has 1 aromatic heterocycles. The van der Waals surface area contributed by atoms with Gasteiger partial charge in [0.15, 0.2) is 5.76 Å². The van der Waals surface area contributed by atoms with E-state index in [1.54, 1.807) is 0 Å². The molecule has 2 heterocycles. The summed E-state index contributed by atoms with van der Waals surface area (Å²) < 4.78 is 10.3. The van der Waals surface area contributed by atoms with Crippen molar-refractivity contribution in [3.63, 3.8) is 0 Å². The Bertz CT molecular complexity index is 802. The molecular formula is C20H22N2O4. The topological polar surface area (TPSA) is 72.6 Å². The van der Waals surface area contributed by atoms with Crippen LogP contribution in [0.15, 0.2) is 40.9 Å². The lowest BCUT2D eigenvalue weighted by Gasteiger charge is -2.32. The number of hydrogen-bond donors (Lipinski definition) is 0. The van der Waals surface area contributed by atoms with E-state index in [2.05, 4.69) is 5.16 Å². The first-order chi connectivity index (χ1) is 12.6. The number of aromatic nitrogens is 1. The first kappa shape index (κ1) is 16.8. The zero-order chi connectivity index (χ0) is 18.1. The van der Waals surface area contributed by atoms with Crippen LogP contribution in [0, 0.1) is 5.92 Å². The number of likely N-dealkylation sites (tertiary alicyclic amines) is 1. The third kappa shape index (κ3) is 2.89. The number of rotatable bonds is 4. The SMILES string of the molecule is COC(=O)C1CCN(C(=O)C2(c3cc(-c4ccccc4)on3)CC2)CC1. The van der Waals surface area contributed by atoms with Gasteiger partial charge >= 0.3 is 5.97 Å². The molecule has 1 aliphatic heterocycles. The molecule has 1 amide bonds. The van der Waals surface area contributed by atoms with Crippen LogP contribution in [0.2, 0.25) is 0 Å². The number of hydrogen-bond acceptors (Lipinski definition) is 5. The predicted octanol–water partition coefficient (Wildman–Crippen LogP) is 2.78. The van der Waals surface area contributed by atoms with Crippen LogP contribution in [0.4, 0.5) is 0 Å². The number of carbonyl (C=O) groups is 2. The second-order valence-electron chi connectivity index (χ2n) is 7.11. The molecule has 136 valence electrons. The Morgan fingerprint density at radius 1 is 1.19 bits per heavy atom. The van der Waals surface area contributed by atoms with Crippen molar-refractivity contribution in [2.75, 3.05) is 20.2 Å². The second kappa shape index (κ2) is 6.59. The molecule has 1 saturated heterocycles. The van der Waals surface area contributed by atoms with Gasteiger partial charge in [0.1, 0.15) is 0 Å². The molecule has 1 aromatic carbocycles.